The Morgan fingerprint density at radius 1 is 1.00 bits per heavy atom. The monoisotopic (exact) mass is 201 g/mol. The van der Waals surface area contributed by atoms with Crippen LogP contribution in [0.25, 0.3) is 0 Å². The first-order valence-corrected chi connectivity index (χ1v) is 6.18. The van der Waals surface area contributed by atoms with Gasteiger partial charge in [-0.05, 0) is 33.6 Å². The summed E-state index contributed by atoms with van der Waals surface area (Å²) in [6, 6.07) is 0.279. The minimum atomic E-state index is -0.00781. The van der Waals surface area contributed by atoms with Crippen LogP contribution in [0.15, 0.2) is 0 Å². The average Bonchev–Trinajstić information content (AvgIpc) is 2.22. The SMILES string of the molecule is CCCCCCC(C)[N+]([O-])(CC)CC. The van der Waals surface area contributed by atoms with E-state index in [0.717, 1.165) is 6.42 Å². The Morgan fingerprint density at radius 3 is 2.00 bits per heavy atom. The van der Waals surface area contributed by atoms with Gasteiger partial charge in [-0.1, -0.05) is 26.2 Å². The molecule has 2 nitrogen and oxygen atoms in total. The van der Waals surface area contributed by atoms with E-state index in [1.165, 1.54) is 25.7 Å². The number of unbranched alkanes of at least 4 members (excludes halogenated alkanes) is 3. The molecule has 0 saturated carbocycles. The first-order valence-electron chi connectivity index (χ1n) is 6.18. The van der Waals surface area contributed by atoms with Crippen LogP contribution in [-0.2, 0) is 0 Å². The quantitative estimate of drug-likeness (QED) is 0.333. The van der Waals surface area contributed by atoms with Gasteiger partial charge in [-0.15, -0.1) is 0 Å². The maximum Gasteiger partial charge on any atom is 0.0858 e. The summed E-state index contributed by atoms with van der Waals surface area (Å²) in [4.78, 5) is 0. The van der Waals surface area contributed by atoms with Crippen molar-refractivity contribution in [2.45, 2.75) is 65.8 Å². The van der Waals surface area contributed by atoms with Crippen LogP contribution in [0.2, 0.25) is 0 Å². The van der Waals surface area contributed by atoms with E-state index in [1.54, 1.807) is 0 Å². The molecule has 0 aliphatic carbocycles. The van der Waals surface area contributed by atoms with Crippen LogP contribution in [0, 0.1) is 5.21 Å². The van der Waals surface area contributed by atoms with Gasteiger partial charge >= 0.3 is 0 Å². The highest BCUT2D eigenvalue weighted by Crippen LogP contribution is 2.17. The Morgan fingerprint density at radius 2 is 1.57 bits per heavy atom. The van der Waals surface area contributed by atoms with Gasteiger partial charge < -0.3 is 9.85 Å². The molecule has 0 aliphatic rings. The molecule has 14 heavy (non-hydrogen) atoms. The second kappa shape index (κ2) is 7.24. The fraction of sp³-hybridized carbons (Fsp3) is 1.00. The van der Waals surface area contributed by atoms with Crippen molar-refractivity contribution >= 4 is 0 Å². The Kier molecular flexibility index (Phi) is 7.20. The Labute approximate surface area is 89.5 Å². The molecule has 0 aromatic carbocycles. The van der Waals surface area contributed by atoms with E-state index >= 15 is 0 Å². The molecule has 0 fully saturated rings. The van der Waals surface area contributed by atoms with Crippen LogP contribution in [0.5, 0.6) is 0 Å². The van der Waals surface area contributed by atoms with Gasteiger partial charge in [-0.2, -0.15) is 0 Å². The van der Waals surface area contributed by atoms with Crippen LogP contribution in [0.4, 0.5) is 0 Å². The van der Waals surface area contributed by atoms with Crippen LogP contribution in [0.3, 0.4) is 0 Å². The molecular formula is C12H27NO. The topological polar surface area (TPSA) is 23.1 Å². The molecule has 0 spiro atoms. The molecule has 0 radical (unpaired) electrons. The lowest BCUT2D eigenvalue weighted by Crippen LogP contribution is -2.48. The summed E-state index contributed by atoms with van der Waals surface area (Å²) >= 11 is 0. The van der Waals surface area contributed by atoms with Crippen LogP contribution in [-0.4, -0.2) is 23.8 Å². The zero-order valence-electron chi connectivity index (χ0n) is 10.4. The molecule has 2 heteroatoms. The van der Waals surface area contributed by atoms with Crippen LogP contribution < -0.4 is 0 Å². The van der Waals surface area contributed by atoms with Gasteiger partial charge in [0, 0.05) is 0 Å². The Balaban J connectivity index is 3.75. The van der Waals surface area contributed by atoms with Crippen molar-refractivity contribution in [3.05, 3.63) is 5.21 Å². The number of quaternary nitrogens is 1. The summed E-state index contributed by atoms with van der Waals surface area (Å²) < 4.78 is -0.00781. The summed E-state index contributed by atoms with van der Waals surface area (Å²) in [5.41, 5.74) is 0. The van der Waals surface area contributed by atoms with Crippen molar-refractivity contribution in [2.75, 3.05) is 13.1 Å². The number of hydrogen-bond acceptors (Lipinski definition) is 1. The summed E-state index contributed by atoms with van der Waals surface area (Å²) in [6.07, 6.45) is 6.17. The molecule has 0 N–H and O–H groups in total. The molecule has 1 unspecified atom stereocenters. The molecule has 1 atom stereocenters. The lowest BCUT2D eigenvalue weighted by atomic mass is 10.1. The molecule has 0 aliphatic heterocycles. The standard InChI is InChI=1S/C12H27NO/c1-5-8-9-10-11-12(4)13(14,6-2)7-3/h12H,5-11H2,1-4H3. The molecule has 0 saturated heterocycles. The second-order valence-electron chi connectivity index (χ2n) is 4.28. The normalized spacial score (nSPS) is 14.4. The predicted molar refractivity (Wildman–Crippen MR) is 62.9 cm³/mol. The molecule has 86 valence electrons. The van der Waals surface area contributed by atoms with Crippen LogP contribution in [0.1, 0.15) is 59.8 Å². The van der Waals surface area contributed by atoms with E-state index in [-0.39, 0.29) is 10.7 Å². The highest BCUT2D eigenvalue weighted by Gasteiger charge is 2.19. The summed E-state index contributed by atoms with van der Waals surface area (Å²) in [7, 11) is 0. The van der Waals surface area contributed by atoms with Crippen molar-refractivity contribution < 1.29 is 4.65 Å². The highest BCUT2D eigenvalue weighted by atomic mass is 16.5. The molecule has 0 heterocycles. The van der Waals surface area contributed by atoms with Gasteiger partial charge in [-0.25, -0.2) is 0 Å². The van der Waals surface area contributed by atoms with Crippen molar-refractivity contribution in [3.8, 4) is 0 Å². The first-order chi connectivity index (χ1) is 6.60. The second-order valence-corrected chi connectivity index (χ2v) is 4.28. The zero-order valence-corrected chi connectivity index (χ0v) is 10.4. The fourth-order valence-electron chi connectivity index (χ4n) is 1.95. The molecule has 0 rings (SSSR count). The third-order valence-electron chi connectivity index (χ3n) is 3.35. The molecule has 0 aromatic rings. The average molecular weight is 201 g/mol. The molecular weight excluding hydrogens is 174 g/mol. The molecule has 0 aromatic heterocycles. The summed E-state index contributed by atoms with van der Waals surface area (Å²) in [6.45, 7) is 9.75. The number of rotatable bonds is 8. The predicted octanol–water partition coefficient (Wildman–Crippen LogP) is 3.70. The minimum Gasteiger partial charge on any atom is -0.633 e. The maximum atomic E-state index is 12.1. The van der Waals surface area contributed by atoms with E-state index in [1.807, 2.05) is 13.8 Å². The minimum absolute atomic E-state index is 0.00781. The van der Waals surface area contributed by atoms with Gasteiger partial charge in [0.25, 0.3) is 0 Å². The largest absolute Gasteiger partial charge is 0.633 e. The third-order valence-corrected chi connectivity index (χ3v) is 3.35. The van der Waals surface area contributed by atoms with Gasteiger partial charge in [-0.3, -0.25) is 0 Å². The van der Waals surface area contributed by atoms with Crippen molar-refractivity contribution in [2.24, 2.45) is 0 Å². The number of hydrogen-bond donors (Lipinski definition) is 0. The van der Waals surface area contributed by atoms with Gasteiger partial charge in [0.05, 0.1) is 19.1 Å². The third kappa shape index (κ3) is 4.43. The lowest BCUT2D eigenvalue weighted by molar-refractivity contribution is -0.900. The summed E-state index contributed by atoms with van der Waals surface area (Å²) in [5.74, 6) is 0. The maximum absolute atomic E-state index is 12.1. The Bertz CT molecular complexity index is 132. The van der Waals surface area contributed by atoms with Crippen molar-refractivity contribution in [1.82, 2.24) is 0 Å². The van der Waals surface area contributed by atoms with Gasteiger partial charge in [0.2, 0.25) is 0 Å². The van der Waals surface area contributed by atoms with E-state index < -0.39 is 0 Å². The van der Waals surface area contributed by atoms with E-state index in [4.69, 9.17) is 0 Å². The van der Waals surface area contributed by atoms with Gasteiger partial charge in [0.1, 0.15) is 0 Å². The van der Waals surface area contributed by atoms with E-state index in [2.05, 4.69) is 13.8 Å². The molecule has 0 bridgehead atoms. The first kappa shape index (κ1) is 13.9. The Hall–Kier alpha value is -0.0800. The number of nitrogens with zero attached hydrogens (tertiary/aromatic N) is 1. The highest BCUT2D eigenvalue weighted by molar-refractivity contribution is 4.55. The number of hydroxylamine groups is 3. The van der Waals surface area contributed by atoms with Crippen LogP contribution >= 0.6 is 0 Å². The van der Waals surface area contributed by atoms with Crippen molar-refractivity contribution in [1.29, 1.82) is 0 Å². The van der Waals surface area contributed by atoms with E-state index in [0.29, 0.717) is 13.1 Å². The lowest BCUT2D eigenvalue weighted by Gasteiger charge is -2.46. The summed E-state index contributed by atoms with van der Waals surface area (Å²) in [5, 5.41) is 12.1. The van der Waals surface area contributed by atoms with Crippen molar-refractivity contribution in [3.63, 3.8) is 0 Å². The van der Waals surface area contributed by atoms with Gasteiger partial charge in [0.15, 0.2) is 0 Å². The smallest absolute Gasteiger partial charge is 0.0858 e. The van der Waals surface area contributed by atoms with E-state index in [9.17, 15) is 5.21 Å². The fourth-order valence-corrected chi connectivity index (χ4v) is 1.95. The zero-order chi connectivity index (χ0) is 11.0. The molecule has 0 amide bonds.